The number of imidazole rings is 1. The number of anilines is 2. The first-order chi connectivity index (χ1) is 13.5. The number of nitrogens with zero attached hydrogens (tertiary/aromatic N) is 4. The van der Waals surface area contributed by atoms with Crippen molar-refractivity contribution in [2.75, 3.05) is 10.6 Å². The maximum absolute atomic E-state index is 6.04. The van der Waals surface area contributed by atoms with E-state index in [1.54, 1.807) is 6.26 Å². The minimum absolute atomic E-state index is 0.268. The summed E-state index contributed by atoms with van der Waals surface area (Å²) in [6, 6.07) is 2.91. The van der Waals surface area contributed by atoms with Gasteiger partial charge >= 0.3 is 0 Å². The highest BCUT2D eigenvalue weighted by atomic mass is 16.3. The molecule has 4 N–H and O–H groups in total. The lowest BCUT2D eigenvalue weighted by Gasteiger charge is -2.27. The third-order valence-electron chi connectivity index (χ3n) is 5.50. The van der Waals surface area contributed by atoms with Gasteiger partial charge in [0.2, 0.25) is 5.95 Å². The van der Waals surface area contributed by atoms with Crippen LogP contribution in [0.3, 0.4) is 0 Å². The summed E-state index contributed by atoms with van der Waals surface area (Å²) in [5.41, 5.74) is 8.76. The Bertz CT molecular complexity index is 937. The van der Waals surface area contributed by atoms with Crippen LogP contribution in [0.25, 0.3) is 11.2 Å². The Hall–Kier alpha value is -2.61. The topological polar surface area (TPSA) is 107 Å². The highest BCUT2D eigenvalue weighted by Crippen LogP contribution is 2.26. The number of nitrogens with one attached hydrogen (secondary N) is 2. The van der Waals surface area contributed by atoms with E-state index in [9.17, 15) is 0 Å². The fraction of sp³-hybridized carbons (Fsp3) is 0.550. The van der Waals surface area contributed by atoms with Crippen LogP contribution in [0.4, 0.5) is 11.8 Å². The molecule has 0 saturated heterocycles. The van der Waals surface area contributed by atoms with Crippen molar-refractivity contribution in [1.82, 2.24) is 19.5 Å². The highest BCUT2D eigenvalue weighted by Gasteiger charge is 2.21. The average molecular weight is 384 g/mol. The molecule has 0 atom stereocenters. The molecular formula is C20H29N7O. The lowest BCUT2D eigenvalue weighted by molar-refractivity contribution is 0.410. The van der Waals surface area contributed by atoms with E-state index in [-0.39, 0.29) is 6.04 Å². The second kappa shape index (κ2) is 7.79. The third kappa shape index (κ3) is 3.82. The number of hydrogen-bond donors (Lipinski definition) is 3. The Balaban J connectivity index is 1.63. The maximum atomic E-state index is 6.04. The molecule has 0 spiro atoms. The van der Waals surface area contributed by atoms with Gasteiger partial charge in [0.15, 0.2) is 17.0 Å². The van der Waals surface area contributed by atoms with Gasteiger partial charge in [-0.2, -0.15) is 9.97 Å². The third-order valence-corrected chi connectivity index (χ3v) is 5.50. The van der Waals surface area contributed by atoms with Crippen LogP contribution in [0.2, 0.25) is 0 Å². The van der Waals surface area contributed by atoms with Crippen molar-refractivity contribution in [3.05, 3.63) is 30.0 Å². The van der Waals surface area contributed by atoms with Crippen molar-refractivity contribution >= 4 is 22.9 Å². The molecule has 3 aromatic rings. The van der Waals surface area contributed by atoms with Gasteiger partial charge in [0.25, 0.3) is 0 Å². The maximum Gasteiger partial charge on any atom is 0.227 e. The summed E-state index contributed by atoms with van der Waals surface area (Å²) in [5.74, 6) is 2.28. The van der Waals surface area contributed by atoms with E-state index in [1.807, 2.05) is 19.3 Å². The molecule has 4 rings (SSSR count). The van der Waals surface area contributed by atoms with Gasteiger partial charge in [-0.05, 0) is 52.5 Å². The fourth-order valence-corrected chi connectivity index (χ4v) is 3.70. The molecule has 0 bridgehead atoms. The van der Waals surface area contributed by atoms with Crippen LogP contribution in [-0.2, 0) is 6.54 Å². The monoisotopic (exact) mass is 383 g/mol. The van der Waals surface area contributed by atoms with E-state index in [2.05, 4.69) is 34.0 Å². The van der Waals surface area contributed by atoms with Gasteiger partial charge in [-0.15, -0.1) is 0 Å². The van der Waals surface area contributed by atoms with Crippen LogP contribution in [0, 0.1) is 6.92 Å². The van der Waals surface area contributed by atoms with Crippen LogP contribution >= 0.6 is 0 Å². The molecular weight excluding hydrogens is 354 g/mol. The first-order valence-corrected chi connectivity index (χ1v) is 10.0. The predicted octanol–water partition coefficient (Wildman–Crippen LogP) is 3.60. The van der Waals surface area contributed by atoms with Crippen LogP contribution in [0.15, 0.2) is 23.1 Å². The largest absolute Gasteiger partial charge is 0.469 e. The van der Waals surface area contributed by atoms with Crippen molar-refractivity contribution < 1.29 is 4.42 Å². The minimum Gasteiger partial charge on any atom is -0.469 e. The Kier molecular flexibility index (Phi) is 5.21. The molecule has 1 aliphatic carbocycles. The van der Waals surface area contributed by atoms with E-state index in [1.165, 1.54) is 0 Å². The average Bonchev–Trinajstić information content (AvgIpc) is 3.28. The van der Waals surface area contributed by atoms with Gasteiger partial charge in [-0.25, -0.2) is 4.98 Å². The number of furan rings is 1. The summed E-state index contributed by atoms with van der Waals surface area (Å²) in [4.78, 5) is 14.1. The fourth-order valence-electron chi connectivity index (χ4n) is 3.70. The smallest absolute Gasteiger partial charge is 0.227 e. The molecule has 1 fully saturated rings. The van der Waals surface area contributed by atoms with E-state index >= 15 is 0 Å². The van der Waals surface area contributed by atoms with Crippen molar-refractivity contribution in [3.8, 4) is 0 Å². The van der Waals surface area contributed by atoms with Crippen LogP contribution < -0.4 is 16.4 Å². The van der Waals surface area contributed by atoms with Gasteiger partial charge < -0.3 is 25.4 Å². The van der Waals surface area contributed by atoms with Crippen molar-refractivity contribution in [1.29, 1.82) is 0 Å². The van der Waals surface area contributed by atoms with E-state index < -0.39 is 0 Å². The van der Waals surface area contributed by atoms with Crippen molar-refractivity contribution in [3.63, 3.8) is 0 Å². The second-order valence-electron chi connectivity index (χ2n) is 7.93. The molecule has 28 heavy (non-hydrogen) atoms. The summed E-state index contributed by atoms with van der Waals surface area (Å²) in [5, 5.41) is 6.94. The number of aryl methyl sites for hydroxylation is 1. The van der Waals surface area contributed by atoms with Crippen LogP contribution in [0.1, 0.15) is 56.9 Å². The Labute approximate surface area is 164 Å². The van der Waals surface area contributed by atoms with Gasteiger partial charge in [0.05, 0.1) is 12.6 Å². The van der Waals surface area contributed by atoms with Gasteiger partial charge in [-0.3, -0.25) is 0 Å². The molecule has 8 nitrogen and oxygen atoms in total. The molecule has 0 radical (unpaired) electrons. The summed E-state index contributed by atoms with van der Waals surface area (Å²) < 4.78 is 7.47. The summed E-state index contributed by atoms with van der Waals surface area (Å²) in [6.45, 7) is 6.84. The Morgan fingerprint density at radius 2 is 2.04 bits per heavy atom. The zero-order valence-electron chi connectivity index (χ0n) is 16.8. The number of hydrogen-bond acceptors (Lipinski definition) is 7. The van der Waals surface area contributed by atoms with Gasteiger partial charge in [-0.1, -0.05) is 0 Å². The molecule has 0 amide bonds. The second-order valence-corrected chi connectivity index (χ2v) is 7.93. The molecule has 3 heterocycles. The predicted molar refractivity (Wildman–Crippen MR) is 110 cm³/mol. The SMILES string of the molecule is Cc1occc1CNc1nc(NC2CCC(N)CC2)nc2c1ncn2C(C)C. The van der Waals surface area contributed by atoms with Crippen molar-refractivity contribution in [2.24, 2.45) is 5.73 Å². The molecule has 1 saturated carbocycles. The molecule has 0 aromatic carbocycles. The van der Waals surface area contributed by atoms with Gasteiger partial charge in [0.1, 0.15) is 5.76 Å². The standard InChI is InChI=1S/C20H29N7O/c1-12(2)27-11-23-17-18(22-10-14-8-9-28-13(14)3)25-20(26-19(17)27)24-16-6-4-15(21)5-7-16/h8-9,11-12,15-16H,4-7,10,21H2,1-3H3,(H2,22,24,25,26). The van der Waals surface area contributed by atoms with E-state index in [4.69, 9.17) is 20.1 Å². The van der Waals surface area contributed by atoms with Gasteiger partial charge in [0, 0.05) is 30.2 Å². The first-order valence-electron chi connectivity index (χ1n) is 10.0. The number of nitrogens with two attached hydrogens (primary N) is 1. The zero-order valence-corrected chi connectivity index (χ0v) is 16.8. The summed E-state index contributed by atoms with van der Waals surface area (Å²) >= 11 is 0. The van der Waals surface area contributed by atoms with E-state index in [0.29, 0.717) is 24.6 Å². The highest BCUT2D eigenvalue weighted by molar-refractivity contribution is 5.84. The van der Waals surface area contributed by atoms with Crippen LogP contribution in [0.5, 0.6) is 0 Å². The summed E-state index contributed by atoms with van der Waals surface area (Å²) in [6.07, 6.45) is 7.70. The lowest BCUT2D eigenvalue weighted by Crippen LogP contribution is -2.33. The molecule has 1 aliphatic rings. The van der Waals surface area contributed by atoms with E-state index in [0.717, 1.165) is 54.0 Å². The zero-order chi connectivity index (χ0) is 19.7. The molecule has 150 valence electrons. The number of aromatic nitrogens is 4. The normalized spacial score (nSPS) is 20.0. The molecule has 3 aromatic heterocycles. The molecule has 0 unspecified atom stereocenters. The minimum atomic E-state index is 0.268. The first kappa shape index (κ1) is 18.7. The Morgan fingerprint density at radius 1 is 1.25 bits per heavy atom. The molecule has 8 heteroatoms. The quantitative estimate of drug-likeness (QED) is 0.597. The Morgan fingerprint density at radius 3 is 2.71 bits per heavy atom. The summed E-state index contributed by atoms with van der Waals surface area (Å²) in [7, 11) is 0. The number of rotatable bonds is 6. The lowest BCUT2D eigenvalue weighted by atomic mass is 9.92. The molecule has 0 aliphatic heterocycles. The van der Waals surface area contributed by atoms with Crippen molar-refractivity contribution in [2.45, 2.75) is 71.1 Å². The van der Waals surface area contributed by atoms with Crippen LogP contribution in [-0.4, -0.2) is 31.6 Å². The number of fused-ring (bicyclic) bond motifs is 1.